The molecule has 2 unspecified atom stereocenters. The van der Waals surface area contributed by atoms with E-state index in [1.54, 1.807) is 0 Å². The van der Waals surface area contributed by atoms with Crippen molar-refractivity contribution in [3.63, 3.8) is 0 Å². The zero-order valence-corrected chi connectivity index (χ0v) is 12.1. The van der Waals surface area contributed by atoms with Gasteiger partial charge in [0.15, 0.2) is 5.69 Å². The standard InChI is InChI=1S/C12H19F3N6/c1-7-5-21(6-8(7)20(2)3)10-4-9(12(13,14)15)17-11(18-10)19-16/h4,7-8H,5-6,16H2,1-3H3,(H,17,18,19). The number of hydrogen-bond donors (Lipinski definition) is 2. The Bertz CT molecular complexity index is 504. The Morgan fingerprint density at radius 2 is 2.00 bits per heavy atom. The molecule has 9 heteroatoms. The SMILES string of the molecule is CC1CN(c2cc(C(F)(F)F)nc(NN)n2)CC1N(C)C. The third-order valence-electron chi connectivity index (χ3n) is 3.69. The molecule has 3 N–H and O–H groups in total. The molecule has 6 nitrogen and oxygen atoms in total. The maximum absolute atomic E-state index is 12.9. The van der Waals surface area contributed by atoms with E-state index in [4.69, 9.17) is 5.84 Å². The Balaban J connectivity index is 2.32. The van der Waals surface area contributed by atoms with Gasteiger partial charge in [0.2, 0.25) is 5.95 Å². The van der Waals surface area contributed by atoms with E-state index < -0.39 is 11.9 Å². The molecule has 0 bridgehead atoms. The first kappa shape index (κ1) is 15.8. The number of anilines is 2. The molecule has 2 rings (SSSR count). The molecule has 0 saturated carbocycles. The van der Waals surface area contributed by atoms with Gasteiger partial charge >= 0.3 is 6.18 Å². The summed E-state index contributed by atoms with van der Waals surface area (Å²) in [5.74, 6) is 5.50. The van der Waals surface area contributed by atoms with Crippen molar-refractivity contribution in [2.75, 3.05) is 37.5 Å². The first-order valence-corrected chi connectivity index (χ1v) is 6.56. The quantitative estimate of drug-likeness (QED) is 0.645. The summed E-state index contributed by atoms with van der Waals surface area (Å²) >= 11 is 0. The average molecular weight is 304 g/mol. The summed E-state index contributed by atoms with van der Waals surface area (Å²) in [6, 6.07) is 1.23. The lowest BCUT2D eigenvalue weighted by atomic mass is 10.1. The van der Waals surface area contributed by atoms with E-state index >= 15 is 0 Å². The summed E-state index contributed by atoms with van der Waals surface area (Å²) in [6.07, 6.45) is -4.53. The highest BCUT2D eigenvalue weighted by Crippen LogP contribution is 2.32. The van der Waals surface area contributed by atoms with Gasteiger partial charge in [-0.2, -0.15) is 18.2 Å². The summed E-state index contributed by atoms with van der Waals surface area (Å²) in [5.41, 5.74) is 1.09. The first-order chi connectivity index (χ1) is 9.72. The fourth-order valence-corrected chi connectivity index (χ4v) is 2.62. The molecule has 1 aromatic heterocycles. The Hall–Kier alpha value is -1.61. The Labute approximate surface area is 121 Å². The molecular formula is C12H19F3N6. The van der Waals surface area contributed by atoms with Crippen LogP contribution in [0.15, 0.2) is 6.07 Å². The molecule has 0 amide bonds. The minimum atomic E-state index is -4.53. The average Bonchev–Trinajstić information content (AvgIpc) is 2.79. The largest absolute Gasteiger partial charge is 0.433 e. The summed E-state index contributed by atoms with van der Waals surface area (Å²) in [4.78, 5) is 11.3. The monoisotopic (exact) mass is 304 g/mol. The van der Waals surface area contributed by atoms with Gasteiger partial charge in [-0.3, -0.25) is 5.43 Å². The van der Waals surface area contributed by atoms with Gasteiger partial charge in [-0.1, -0.05) is 6.92 Å². The molecular weight excluding hydrogens is 285 g/mol. The van der Waals surface area contributed by atoms with Gasteiger partial charge in [0, 0.05) is 25.2 Å². The first-order valence-electron chi connectivity index (χ1n) is 6.56. The van der Waals surface area contributed by atoms with Crippen LogP contribution in [0.1, 0.15) is 12.6 Å². The van der Waals surface area contributed by atoms with E-state index in [9.17, 15) is 13.2 Å². The van der Waals surface area contributed by atoms with E-state index in [0.717, 1.165) is 6.07 Å². The molecule has 0 radical (unpaired) electrons. The van der Waals surface area contributed by atoms with Crippen molar-refractivity contribution in [1.82, 2.24) is 14.9 Å². The van der Waals surface area contributed by atoms with Gasteiger partial charge in [0.1, 0.15) is 5.82 Å². The van der Waals surface area contributed by atoms with Crippen LogP contribution >= 0.6 is 0 Å². The smallest absolute Gasteiger partial charge is 0.355 e. The number of aromatic nitrogens is 2. The number of alkyl halides is 3. The number of hydrogen-bond acceptors (Lipinski definition) is 6. The highest BCUT2D eigenvalue weighted by atomic mass is 19.4. The number of nitrogens with zero attached hydrogens (tertiary/aromatic N) is 4. The fraction of sp³-hybridized carbons (Fsp3) is 0.667. The normalized spacial score (nSPS) is 23.0. The van der Waals surface area contributed by atoms with E-state index in [-0.39, 0.29) is 17.8 Å². The highest BCUT2D eigenvalue weighted by molar-refractivity contribution is 5.46. The van der Waals surface area contributed by atoms with Crippen LogP contribution in [0.3, 0.4) is 0 Å². The van der Waals surface area contributed by atoms with Crippen molar-refractivity contribution in [3.05, 3.63) is 11.8 Å². The predicted octanol–water partition coefficient (Wildman–Crippen LogP) is 1.17. The van der Waals surface area contributed by atoms with Crippen molar-refractivity contribution < 1.29 is 13.2 Å². The van der Waals surface area contributed by atoms with Crippen molar-refractivity contribution >= 4 is 11.8 Å². The second-order valence-electron chi connectivity index (χ2n) is 5.49. The molecule has 1 aromatic rings. The third kappa shape index (κ3) is 3.35. The van der Waals surface area contributed by atoms with Crippen LogP contribution in [0.25, 0.3) is 0 Å². The Morgan fingerprint density at radius 3 is 2.48 bits per heavy atom. The Morgan fingerprint density at radius 1 is 1.33 bits per heavy atom. The predicted molar refractivity (Wildman–Crippen MR) is 73.7 cm³/mol. The maximum Gasteiger partial charge on any atom is 0.433 e. The third-order valence-corrected chi connectivity index (χ3v) is 3.69. The molecule has 0 aromatic carbocycles. The second kappa shape index (κ2) is 5.64. The Kier molecular flexibility index (Phi) is 4.24. The molecule has 1 fully saturated rings. The molecule has 1 saturated heterocycles. The summed E-state index contributed by atoms with van der Waals surface area (Å²) in [6.45, 7) is 3.33. The fourth-order valence-electron chi connectivity index (χ4n) is 2.62. The van der Waals surface area contributed by atoms with Crippen LogP contribution in [0.5, 0.6) is 0 Å². The summed E-state index contributed by atoms with van der Waals surface area (Å²) < 4.78 is 38.6. The van der Waals surface area contributed by atoms with Gasteiger partial charge in [0.25, 0.3) is 0 Å². The van der Waals surface area contributed by atoms with E-state index in [1.165, 1.54) is 0 Å². The van der Waals surface area contributed by atoms with Gasteiger partial charge in [-0.25, -0.2) is 10.8 Å². The number of rotatable bonds is 3. The molecule has 0 spiro atoms. The lowest BCUT2D eigenvalue weighted by molar-refractivity contribution is -0.141. The molecule has 1 aliphatic rings. The molecule has 118 valence electrons. The lowest BCUT2D eigenvalue weighted by Gasteiger charge is -2.23. The van der Waals surface area contributed by atoms with Crippen molar-refractivity contribution in [2.24, 2.45) is 11.8 Å². The number of likely N-dealkylation sites (N-methyl/N-ethyl adjacent to an activating group) is 1. The van der Waals surface area contributed by atoms with E-state index in [0.29, 0.717) is 19.0 Å². The maximum atomic E-state index is 12.9. The molecule has 2 heterocycles. The minimum Gasteiger partial charge on any atom is -0.355 e. The van der Waals surface area contributed by atoms with Crippen LogP contribution in [0.2, 0.25) is 0 Å². The molecule has 2 atom stereocenters. The number of nitrogens with two attached hydrogens (primary N) is 1. The van der Waals surface area contributed by atoms with Crippen molar-refractivity contribution in [3.8, 4) is 0 Å². The number of nitrogens with one attached hydrogen (secondary N) is 1. The van der Waals surface area contributed by atoms with Crippen LogP contribution in [0, 0.1) is 5.92 Å². The topological polar surface area (TPSA) is 70.3 Å². The number of hydrazine groups is 1. The second-order valence-corrected chi connectivity index (χ2v) is 5.49. The minimum absolute atomic E-state index is 0.235. The van der Waals surface area contributed by atoms with Crippen molar-refractivity contribution in [1.29, 1.82) is 0 Å². The van der Waals surface area contributed by atoms with Crippen LogP contribution < -0.4 is 16.2 Å². The zero-order valence-electron chi connectivity index (χ0n) is 12.1. The number of halogens is 3. The van der Waals surface area contributed by atoms with Crippen LogP contribution in [0.4, 0.5) is 24.9 Å². The van der Waals surface area contributed by atoms with Gasteiger partial charge < -0.3 is 9.80 Å². The highest BCUT2D eigenvalue weighted by Gasteiger charge is 2.36. The molecule has 21 heavy (non-hydrogen) atoms. The van der Waals surface area contributed by atoms with Gasteiger partial charge in [0.05, 0.1) is 0 Å². The van der Waals surface area contributed by atoms with Crippen LogP contribution in [-0.4, -0.2) is 48.1 Å². The number of nitrogen functional groups attached to an aromatic ring is 1. The van der Waals surface area contributed by atoms with Crippen molar-refractivity contribution in [2.45, 2.75) is 19.1 Å². The molecule has 1 aliphatic heterocycles. The summed E-state index contributed by atoms with van der Waals surface area (Å²) in [5, 5.41) is 0. The van der Waals surface area contributed by atoms with E-state index in [2.05, 4.69) is 27.2 Å². The van der Waals surface area contributed by atoms with Gasteiger partial charge in [-0.15, -0.1) is 0 Å². The lowest BCUT2D eigenvalue weighted by Crippen LogP contribution is -2.34. The van der Waals surface area contributed by atoms with Crippen LogP contribution in [-0.2, 0) is 6.18 Å². The van der Waals surface area contributed by atoms with Gasteiger partial charge in [-0.05, 0) is 20.0 Å². The van der Waals surface area contributed by atoms with E-state index in [1.807, 2.05) is 19.0 Å². The summed E-state index contributed by atoms with van der Waals surface area (Å²) in [7, 11) is 3.91. The molecule has 0 aliphatic carbocycles. The zero-order chi connectivity index (χ0) is 15.8.